The quantitative estimate of drug-likeness (QED) is 0.409. The predicted octanol–water partition coefficient (Wildman–Crippen LogP) is 6.35. The fourth-order valence-electron chi connectivity index (χ4n) is 3.70. The summed E-state index contributed by atoms with van der Waals surface area (Å²) in [5.41, 5.74) is 2.64. The Hall–Kier alpha value is -2.61. The highest BCUT2D eigenvalue weighted by Gasteiger charge is 2.38. The first kappa shape index (κ1) is 23.5. The summed E-state index contributed by atoms with van der Waals surface area (Å²) in [7, 11) is 1.55. The van der Waals surface area contributed by atoms with Crippen molar-refractivity contribution in [2.24, 2.45) is 4.99 Å². The van der Waals surface area contributed by atoms with Crippen LogP contribution in [0.2, 0.25) is 10.0 Å². The molecular weight excluding hydrogens is 483 g/mol. The molecule has 4 rings (SSSR count). The van der Waals surface area contributed by atoms with Crippen LogP contribution < -0.4 is 9.47 Å². The molecule has 0 spiro atoms. The number of rotatable bonds is 7. The second kappa shape index (κ2) is 10.1. The molecule has 172 valence electrons. The summed E-state index contributed by atoms with van der Waals surface area (Å²) >= 11 is 14.4. The average molecular weight is 505 g/mol. The number of esters is 1. The maximum atomic E-state index is 12.9. The molecule has 0 radical (unpaired) electrons. The summed E-state index contributed by atoms with van der Waals surface area (Å²) in [5, 5.41) is 3.67. The van der Waals surface area contributed by atoms with Crippen LogP contribution in [0.5, 0.6) is 11.5 Å². The third-order valence-corrected chi connectivity index (χ3v) is 6.63. The molecule has 33 heavy (non-hydrogen) atoms. The van der Waals surface area contributed by atoms with Crippen molar-refractivity contribution in [3.63, 3.8) is 0 Å². The highest BCUT2D eigenvalue weighted by molar-refractivity contribution is 8.16. The third-order valence-electron chi connectivity index (χ3n) is 5.21. The van der Waals surface area contributed by atoms with Gasteiger partial charge in [-0.2, -0.15) is 0 Å². The number of ether oxygens (including phenoxy) is 3. The van der Waals surface area contributed by atoms with Crippen molar-refractivity contribution in [3.8, 4) is 11.5 Å². The lowest BCUT2D eigenvalue weighted by molar-refractivity contribution is -0.139. The van der Waals surface area contributed by atoms with Crippen molar-refractivity contribution in [2.75, 3.05) is 13.7 Å². The minimum absolute atomic E-state index is 0.230. The van der Waals surface area contributed by atoms with Gasteiger partial charge in [0.1, 0.15) is 6.61 Å². The van der Waals surface area contributed by atoms with Crippen LogP contribution in [-0.4, -0.2) is 29.8 Å². The number of halogens is 2. The zero-order valence-corrected chi connectivity index (χ0v) is 20.6. The minimum Gasteiger partial charge on any atom is -0.493 e. The first-order chi connectivity index (χ1) is 15.9. The van der Waals surface area contributed by atoms with Gasteiger partial charge in [0.15, 0.2) is 16.7 Å². The number of benzene rings is 2. The molecule has 1 atom stereocenters. The number of hydrogen-bond donors (Lipinski definition) is 0. The average Bonchev–Trinajstić information content (AvgIpc) is 3.26. The van der Waals surface area contributed by atoms with Crippen molar-refractivity contribution in [2.45, 2.75) is 26.5 Å². The van der Waals surface area contributed by atoms with Gasteiger partial charge in [0, 0.05) is 16.8 Å². The molecule has 0 unspecified atom stereocenters. The van der Waals surface area contributed by atoms with Gasteiger partial charge in [0.25, 0.3) is 0 Å². The van der Waals surface area contributed by atoms with E-state index in [9.17, 15) is 4.79 Å². The number of carbonyl (C=O) groups is 1. The van der Waals surface area contributed by atoms with Gasteiger partial charge in [-0.3, -0.25) is 0 Å². The molecule has 2 aromatic rings. The van der Waals surface area contributed by atoms with E-state index in [0.29, 0.717) is 32.8 Å². The lowest BCUT2D eigenvalue weighted by Gasteiger charge is -2.33. The lowest BCUT2D eigenvalue weighted by Crippen LogP contribution is -2.34. The van der Waals surface area contributed by atoms with Crippen molar-refractivity contribution < 1.29 is 19.0 Å². The topological polar surface area (TPSA) is 60.4 Å². The zero-order valence-electron chi connectivity index (χ0n) is 18.3. The Labute approximate surface area is 206 Å². The molecule has 2 heterocycles. The number of allylic oxidation sites excluding steroid dienone is 1. The Morgan fingerprint density at radius 2 is 2.00 bits per heavy atom. The van der Waals surface area contributed by atoms with E-state index in [-0.39, 0.29) is 13.2 Å². The Morgan fingerprint density at radius 3 is 2.73 bits per heavy atom. The molecule has 0 aliphatic carbocycles. The summed E-state index contributed by atoms with van der Waals surface area (Å²) in [6.07, 6.45) is 1.89. The molecule has 9 heteroatoms. The molecule has 2 aliphatic rings. The standard InChI is InChI=1S/C24H22Cl2N2O4S/c1-4-31-23(29)20-14(2)27-24-28(9-10-33-24)21(20)16-11-18(26)22(19(12-16)30-3)32-13-15-7-5-6-8-17(15)25/h5-12,21H,4,13H2,1-3H3/t21-/m1/s1. The molecule has 0 aromatic heterocycles. The van der Waals surface area contributed by atoms with Crippen molar-refractivity contribution in [1.29, 1.82) is 0 Å². The van der Waals surface area contributed by atoms with Crippen molar-refractivity contribution in [1.82, 2.24) is 4.90 Å². The molecule has 0 fully saturated rings. The largest absolute Gasteiger partial charge is 0.493 e. The summed E-state index contributed by atoms with van der Waals surface area (Å²) in [5.74, 6) is 0.435. The van der Waals surface area contributed by atoms with Gasteiger partial charge in [0.2, 0.25) is 0 Å². The zero-order chi connectivity index (χ0) is 23.5. The SMILES string of the molecule is CCOC(=O)C1=C(C)N=C2SC=CN2[C@@H]1c1cc(Cl)c(OCc2ccccc2Cl)c(OC)c1. The summed E-state index contributed by atoms with van der Waals surface area (Å²) < 4.78 is 16.9. The minimum atomic E-state index is -0.466. The van der Waals surface area contributed by atoms with Crippen LogP contribution >= 0.6 is 35.0 Å². The van der Waals surface area contributed by atoms with E-state index in [0.717, 1.165) is 16.3 Å². The maximum absolute atomic E-state index is 12.9. The molecule has 2 aliphatic heterocycles. The van der Waals surface area contributed by atoms with E-state index in [1.165, 1.54) is 11.8 Å². The van der Waals surface area contributed by atoms with Gasteiger partial charge < -0.3 is 19.1 Å². The highest BCUT2D eigenvalue weighted by Crippen LogP contribution is 2.45. The Morgan fingerprint density at radius 1 is 1.21 bits per heavy atom. The monoisotopic (exact) mass is 504 g/mol. The smallest absolute Gasteiger partial charge is 0.338 e. The summed E-state index contributed by atoms with van der Waals surface area (Å²) in [6, 6.07) is 10.6. The molecule has 2 aromatic carbocycles. The second-order valence-corrected chi connectivity index (χ2v) is 8.93. The lowest BCUT2D eigenvalue weighted by atomic mass is 9.94. The second-order valence-electron chi connectivity index (χ2n) is 7.24. The van der Waals surface area contributed by atoms with Gasteiger partial charge in [-0.05, 0) is 43.0 Å². The Kier molecular flexibility index (Phi) is 7.22. The number of nitrogens with zero attached hydrogens (tertiary/aromatic N) is 2. The molecule has 0 saturated carbocycles. The normalized spacial score (nSPS) is 17.1. The molecule has 0 N–H and O–H groups in total. The number of carbonyl (C=O) groups excluding carboxylic acids is 1. The number of amidine groups is 1. The summed E-state index contributed by atoms with van der Waals surface area (Å²) in [4.78, 5) is 19.4. The fourth-order valence-corrected chi connectivity index (χ4v) is 4.96. The van der Waals surface area contributed by atoms with Crippen molar-refractivity contribution in [3.05, 3.63) is 80.4 Å². The number of hydrogen-bond acceptors (Lipinski definition) is 7. The van der Waals surface area contributed by atoms with Crippen LogP contribution in [0, 0.1) is 0 Å². The first-order valence-corrected chi connectivity index (χ1v) is 11.9. The van der Waals surface area contributed by atoms with E-state index in [1.54, 1.807) is 26.2 Å². The van der Waals surface area contributed by atoms with Gasteiger partial charge >= 0.3 is 5.97 Å². The van der Waals surface area contributed by atoms with Gasteiger partial charge in [-0.25, -0.2) is 9.79 Å². The van der Waals surface area contributed by atoms with E-state index >= 15 is 0 Å². The number of aliphatic imine (C=N–C) groups is 1. The fraction of sp³-hybridized carbons (Fsp3) is 0.250. The predicted molar refractivity (Wildman–Crippen MR) is 132 cm³/mol. The van der Waals surface area contributed by atoms with E-state index < -0.39 is 12.0 Å². The van der Waals surface area contributed by atoms with Crippen LogP contribution in [0.1, 0.15) is 31.0 Å². The van der Waals surface area contributed by atoms with Crippen LogP contribution in [0.15, 0.2) is 64.3 Å². The van der Waals surface area contributed by atoms with Crippen LogP contribution in [0.4, 0.5) is 0 Å². The maximum Gasteiger partial charge on any atom is 0.338 e. The molecule has 0 saturated heterocycles. The third kappa shape index (κ3) is 4.71. The summed E-state index contributed by atoms with van der Waals surface area (Å²) in [6.45, 7) is 4.08. The van der Waals surface area contributed by atoms with Gasteiger partial charge in [-0.15, -0.1) is 0 Å². The van der Waals surface area contributed by atoms with Crippen molar-refractivity contribution >= 4 is 46.1 Å². The molecule has 0 bridgehead atoms. The van der Waals surface area contributed by atoms with Crippen LogP contribution in [0.25, 0.3) is 0 Å². The van der Waals surface area contributed by atoms with E-state index in [4.69, 9.17) is 37.4 Å². The number of thioether (sulfide) groups is 1. The van der Waals surface area contributed by atoms with E-state index in [2.05, 4.69) is 4.99 Å². The first-order valence-electron chi connectivity index (χ1n) is 10.3. The molecule has 6 nitrogen and oxygen atoms in total. The molecule has 0 amide bonds. The van der Waals surface area contributed by atoms with Gasteiger partial charge in [-0.1, -0.05) is 53.2 Å². The van der Waals surface area contributed by atoms with Gasteiger partial charge in [0.05, 0.1) is 36.1 Å². The Balaban J connectivity index is 1.72. The Bertz CT molecular complexity index is 1180. The highest BCUT2D eigenvalue weighted by atomic mass is 35.5. The van der Waals surface area contributed by atoms with Crippen LogP contribution in [-0.2, 0) is 16.1 Å². The number of fused-ring (bicyclic) bond motifs is 1. The number of methoxy groups -OCH3 is 1. The molecular formula is C24H22Cl2N2O4S. The van der Waals surface area contributed by atoms with Crippen LogP contribution in [0.3, 0.4) is 0 Å². The van der Waals surface area contributed by atoms with E-state index in [1.807, 2.05) is 47.7 Å².